The predicted molar refractivity (Wildman–Crippen MR) is 128 cm³/mol. The molecule has 0 unspecified atom stereocenters. The van der Waals surface area contributed by atoms with Crippen LogP contribution in [0.4, 0.5) is 4.39 Å². The lowest BCUT2D eigenvalue weighted by Gasteiger charge is -2.49. The first-order valence-corrected chi connectivity index (χ1v) is 11.8. The second kappa shape index (κ2) is 8.84. The van der Waals surface area contributed by atoms with Crippen LogP contribution in [0, 0.1) is 5.82 Å². The van der Waals surface area contributed by atoms with Crippen LogP contribution in [0.1, 0.15) is 34.3 Å². The maximum absolute atomic E-state index is 13.6. The Balaban J connectivity index is 1.30. The molecule has 3 aliphatic rings. The monoisotopic (exact) mass is 487 g/mol. The SMILES string of the molecule is O=C(c1cccc(C2=NCC=C2)c1Cl)N1CCN2C[C@@](O)(c3ccc(F)c(Cl)c3)CC[C@@H]2C1. The highest BCUT2D eigenvalue weighted by Crippen LogP contribution is 2.37. The molecule has 2 aromatic rings. The van der Waals surface area contributed by atoms with Crippen molar-refractivity contribution in [2.45, 2.75) is 24.5 Å². The number of piperazine rings is 1. The third kappa shape index (κ3) is 4.21. The molecule has 5 rings (SSSR count). The summed E-state index contributed by atoms with van der Waals surface area (Å²) in [6, 6.07) is 10.0. The maximum Gasteiger partial charge on any atom is 0.255 e. The molecule has 1 amide bonds. The fraction of sp³-hybridized carbons (Fsp3) is 0.360. The van der Waals surface area contributed by atoms with E-state index in [1.54, 1.807) is 12.1 Å². The van der Waals surface area contributed by atoms with Gasteiger partial charge in [0.15, 0.2) is 0 Å². The van der Waals surface area contributed by atoms with E-state index in [1.165, 1.54) is 12.1 Å². The van der Waals surface area contributed by atoms with Crippen LogP contribution >= 0.6 is 23.2 Å². The number of rotatable bonds is 3. The van der Waals surface area contributed by atoms with Gasteiger partial charge in [-0.25, -0.2) is 4.39 Å². The van der Waals surface area contributed by atoms with E-state index in [0.717, 1.165) is 11.3 Å². The summed E-state index contributed by atoms with van der Waals surface area (Å²) in [6.45, 7) is 2.80. The summed E-state index contributed by atoms with van der Waals surface area (Å²) in [4.78, 5) is 21.8. The lowest BCUT2D eigenvalue weighted by atomic mass is 9.82. The number of nitrogens with zero attached hydrogens (tertiary/aromatic N) is 3. The quantitative estimate of drug-likeness (QED) is 0.701. The highest BCUT2D eigenvalue weighted by molar-refractivity contribution is 6.38. The summed E-state index contributed by atoms with van der Waals surface area (Å²) in [5.74, 6) is -0.584. The summed E-state index contributed by atoms with van der Waals surface area (Å²) in [5, 5.41) is 11.7. The van der Waals surface area contributed by atoms with E-state index in [0.29, 0.717) is 61.7 Å². The van der Waals surface area contributed by atoms with Crippen LogP contribution in [0.15, 0.2) is 53.5 Å². The maximum atomic E-state index is 13.6. The molecule has 0 radical (unpaired) electrons. The van der Waals surface area contributed by atoms with E-state index in [9.17, 15) is 14.3 Å². The van der Waals surface area contributed by atoms with Crippen LogP contribution in [-0.4, -0.2) is 65.3 Å². The number of amides is 1. The van der Waals surface area contributed by atoms with Crippen LogP contribution in [-0.2, 0) is 5.60 Å². The summed E-state index contributed by atoms with van der Waals surface area (Å²) in [6.07, 6.45) is 5.11. The number of aliphatic imine (C=N–C) groups is 1. The average molecular weight is 488 g/mol. The third-order valence-electron chi connectivity index (χ3n) is 6.85. The van der Waals surface area contributed by atoms with Gasteiger partial charge in [0.05, 0.1) is 27.9 Å². The van der Waals surface area contributed by atoms with Gasteiger partial charge in [-0.05, 0) is 42.7 Å². The van der Waals surface area contributed by atoms with E-state index in [4.69, 9.17) is 23.2 Å². The number of carbonyl (C=O) groups is 1. The molecule has 5 nitrogen and oxygen atoms in total. The number of halogens is 3. The van der Waals surface area contributed by atoms with Crippen molar-refractivity contribution in [3.05, 3.63) is 81.1 Å². The van der Waals surface area contributed by atoms with Gasteiger partial charge >= 0.3 is 0 Å². The van der Waals surface area contributed by atoms with Crippen LogP contribution in [0.25, 0.3) is 0 Å². The van der Waals surface area contributed by atoms with Crippen molar-refractivity contribution < 1.29 is 14.3 Å². The van der Waals surface area contributed by atoms with Gasteiger partial charge in [-0.1, -0.05) is 47.5 Å². The number of carbonyl (C=O) groups excluding carboxylic acids is 1. The van der Waals surface area contributed by atoms with Crippen molar-refractivity contribution in [2.24, 2.45) is 4.99 Å². The number of benzene rings is 2. The zero-order valence-corrected chi connectivity index (χ0v) is 19.5. The van der Waals surface area contributed by atoms with E-state index < -0.39 is 11.4 Å². The fourth-order valence-corrected chi connectivity index (χ4v) is 5.49. The van der Waals surface area contributed by atoms with Gasteiger partial charge in [-0.3, -0.25) is 14.7 Å². The molecule has 0 spiro atoms. The van der Waals surface area contributed by atoms with Crippen LogP contribution in [0.3, 0.4) is 0 Å². The molecule has 1 N–H and O–H groups in total. The minimum absolute atomic E-state index is 0.0108. The number of aliphatic hydroxyl groups is 1. The Kier molecular flexibility index (Phi) is 6.04. The lowest BCUT2D eigenvalue weighted by molar-refractivity contribution is -0.0740. The van der Waals surface area contributed by atoms with Crippen molar-refractivity contribution in [1.82, 2.24) is 9.80 Å². The van der Waals surface area contributed by atoms with Crippen molar-refractivity contribution >= 4 is 34.8 Å². The fourth-order valence-electron chi connectivity index (χ4n) is 5.01. The molecular weight excluding hydrogens is 464 g/mol. The van der Waals surface area contributed by atoms with Gasteiger partial charge in [0.25, 0.3) is 5.91 Å². The molecule has 3 heterocycles. The van der Waals surface area contributed by atoms with Gasteiger partial charge in [-0.15, -0.1) is 0 Å². The smallest absolute Gasteiger partial charge is 0.255 e. The largest absolute Gasteiger partial charge is 0.384 e. The van der Waals surface area contributed by atoms with Crippen molar-refractivity contribution in [3.63, 3.8) is 0 Å². The first-order chi connectivity index (χ1) is 15.9. The molecule has 2 saturated heterocycles. The minimum Gasteiger partial charge on any atom is -0.384 e. The van der Waals surface area contributed by atoms with Crippen LogP contribution in [0.5, 0.6) is 0 Å². The van der Waals surface area contributed by atoms with Crippen molar-refractivity contribution in [1.29, 1.82) is 0 Å². The summed E-state index contributed by atoms with van der Waals surface area (Å²) < 4.78 is 13.6. The van der Waals surface area contributed by atoms with E-state index >= 15 is 0 Å². The summed E-state index contributed by atoms with van der Waals surface area (Å²) in [5.41, 5.74) is 1.59. The molecule has 0 saturated carbocycles. The van der Waals surface area contributed by atoms with Crippen molar-refractivity contribution in [3.8, 4) is 0 Å². The summed E-state index contributed by atoms with van der Waals surface area (Å²) >= 11 is 12.6. The van der Waals surface area contributed by atoms with Gasteiger partial charge in [0.1, 0.15) is 11.4 Å². The standard InChI is InChI=1S/C25H24Cl2FN3O2/c26-20-13-16(6-7-21(20)28)25(33)9-8-17-14-30(11-12-31(17)15-25)24(32)19-4-1-3-18(23(19)27)22-5-2-10-29-22/h1-7,13,17,33H,8-12,14-15H2/t17-,25-/m1/s1. The molecule has 3 aliphatic heterocycles. The van der Waals surface area contributed by atoms with Crippen LogP contribution < -0.4 is 0 Å². The van der Waals surface area contributed by atoms with Gasteiger partial charge in [0.2, 0.25) is 0 Å². The molecule has 33 heavy (non-hydrogen) atoms. The normalized spacial score (nSPS) is 25.2. The Hall–Kier alpha value is -2.25. The van der Waals surface area contributed by atoms with Gasteiger partial charge in [-0.2, -0.15) is 0 Å². The first kappa shape index (κ1) is 22.5. The van der Waals surface area contributed by atoms with E-state index in [2.05, 4.69) is 9.89 Å². The Labute approximate surface area is 202 Å². The molecule has 0 aliphatic carbocycles. The Morgan fingerprint density at radius 1 is 1.21 bits per heavy atom. The Morgan fingerprint density at radius 3 is 2.82 bits per heavy atom. The number of piperidine rings is 1. The molecule has 8 heteroatoms. The van der Waals surface area contributed by atoms with Crippen molar-refractivity contribution in [2.75, 3.05) is 32.7 Å². The Bertz CT molecular complexity index is 1170. The second-order valence-corrected chi connectivity index (χ2v) is 9.66. The predicted octanol–water partition coefficient (Wildman–Crippen LogP) is 4.30. The number of hydrogen-bond donors (Lipinski definition) is 1. The zero-order chi connectivity index (χ0) is 23.2. The Morgan fingerprint density at radius 2 is 2.06 bits per heavy atom. The second-order valence-electron chi connectivity index (χ2n) is 8.87. The number of allylic oxidation sites excluding steroid dienone is 1. The highest BCUT2D eigenvalue weighted by Gasteiger charge is 2.42. The minimum atomic E-state index is -1.09. The molecule has 0 bridgehead atoms. The first-order valence-electron chi connectivity index (χ1n) is 11.1. The van der Waals surface area contributed by atoms with E-state index in [-0.39, 0.29) is 17.0 Å². The van der Waals surface area contributed by atoms with E-state index in [1.807, 2.05) is 29.2 Å². The average Bonchev–Trinajstić information content (AvgIpc) is 3.35. The highest BCUT2D eigenvalue weighted by atomic mass is 35.5. The molecule has 0 aromatic heterocycles. The van der Waals surface area contributed by atoms with Crippen LogP contribution in [0.2, 0.25) is 10.0 Å². The van der Waals surface area contributed by atoms with Gasteiger partial charge in [0, 0.05) is 37.8 Å². The zero-order valence-electron chi connectivity index (χ0n) is 18.0. The molecule has 172 valence electrons. The van der Waals surface area contributed by atoms with Gasteiger partial charge < -0.3 is 10.0 Å². The summed E-state index contributed by atoms with van der Waals surface area (Å²) in [7, 11) is 0. The molecule has 2 aromatic carbocycles. The lowest BCUT2D eigenvalue weighted by Crippen LogP contribution is -2.60. The third-order valence-corrected chi connectivity index (χ3v) is 7.55. The molecule has 2 fully saturated rings. The molecular formula is C25H24Cl2FN3O2. The number of fused-ring (bicyclic) bond motifs is 1. The topological polar surface area (TPSA) is 56.1 Å². The molecule has 2 atom stereocenters. The number of hydrogen-bond acceptors (Lipinski definition) is 4.